The smallest absolute Gasteiger partial charge is 0.283 e. The van der Waals surface area contributed by atoms with E-state index in [-0.39, 0.29) is 11.8 Å². The molecular weight excluding hydrogens is 386 g/mol. The minimum atomic E-state index is -0.418. The number of nitrogens with one attached hydrogen (secondary N) is 2. The first-order valence-electron chi connectivity index (χ1n) is 9.75. The Morgan fingerprint density at radius 3 is 2.40 bits per heavy atom. The maximum Gasteiger partial charge on any atom is 0.283 e. The van der Waals surface area contributed by atoms with Crippen molar-refractivity contribution < 1.29 is 18.4 Å². The molecule has 0 fully saturated rings. The molecule has 3 aromatic rings. The van der Waals surface area contributed by atoms with E-state index in [1.807, 2.05) is 18.7 Å². The van der Waals surface area contributed by atoms with Gasteiger partial charge in [-0.2, -0.15) is 0 Å². The van der Waals surface area contributed by atoms with Crippen molar-refractivity contribution in [1.29, 1.82) is 0 Å². The molecule has 158 valence electrons. The second-order valence-corrected chi connectivity index (χ2v) is 6.87. The van der Waals surface area contributed by atoms with Gasteiger partial charge in [0.25, 0.3) is 5.89 Å². The lowest BCUT2D eigenvalue weighted by molar-refractivity contribution is -0.121. The highest BCUT2D eigenvalue weighted by molar-refractivity contribution is 5.95. The first-order valence-corrected chi connectivity index (χ1v) is 9.75. The zero-order chi connectivity index (χ0) is 21.5. The molecule has 2 aromatic heterocycles. The Morgan fingerprint density at radius 1 is 1.10 bits per heavy atom. The van der Waals surface area contributed by atoms with E-state index < -0.39 is 6.04 Å². The molecule has 0 aliphatic carbocycles. The maximum absolute atomic E-state index is 12.8. The zero-order valence-electron chi connectivity index (χ0n) is 17.2. The van der Waals surface area contributed by atoms with Crippen molar-refractivity contribution in [2.45, 2.75) is 39.8 Å². The summed E-state index contributed by atoms with van der Waals surface area (Å²) in [6.45, 7) is 6.35. The summed E-state index contributed by atoms with van der Waals surface area (Å²) in [7, 11) is 0. The molecule has 0 spiro atoms. The number of carbonyl (C=O) groups is 2. The van der Waals surface area contributed by atoms with Crippen LogP contribution in [0.15, 0.2) is 51.5 Å². The number of furan rings is 1. The zero-order valence-corrected chi connectivity index (χ0v) is 17.2. The van der Waals surface area contributed by atoms with Crippen LogP contribution < -0.4 is 10.6 Å². The van der Waals surface area contributed by atoms with Gasteiger partial charge in [-0.3, -0.25) is 14.5 Å². The highest BCUT2D eigenvalue weighted by Gasteiger charge is 2.23. The van der Waals surface area contributed by atoms with Crippen molar-refractivity contribution >= 4 is 23.2 Å². The van der Waals surface area contributed by atoms with Gasteiger partial charge in [-0.25, -0.2) is 0 Å². The van der Waals surface area contributed by atoms with Crippen molar-refractivity contribution in [1.82, 2.24) is 15.1 Å². The molecular formula is C21H25N5O4. The number of aromatic nitrogens is 2. The van der Waals surface area contributed by atoms with Gasteiger partial charge in [-0.15, -0.1) is 10.2 Å². The van der Waals surface area contributed by atoms with E-state index in [4.69, 9.17) is 8.83 Å². The molecule has 0 unspecified atom stereocenters. The van der Waals surface area contributed by atoms with Crippen LogP contribution in [0.4, 0.5) is 11.4 Å². The SMILES string of the molecule is CCCN(Cc1nnc(-c2ccco2)o1)[C@@H](C)C(=O)Nc1ccc(NC(C)=O)cc1. The lowest BCUT2D eigenvalue weighted by Gasteiger charge is -2.26. The Bertz CT molecular complexity index is 966. The van der Waals surface area contributed by atoms with Gasteiger partial charge < -0.3 is 19.5 Å². The summed E-state index contributed by atoms with van der Waals surface area (Å²) in [4.78, 5) is 25.9. The quantitative estimate of drug-likeness (QED) is 0.554. The topological polar surface area (TPSA) is 114 Å². The van der Waals surface area contributed by atoms with E-state index in [1.165, 1.54) is 13.2 Å². The standard InChI is InChI=1S/C21H25N5O4/c1-4-11-26(13-19-24-25-21(30-19)18-6-5-12-29-18)14(2)20(28)23-17-9-7-16(8-10-17)22-15(3)27/h5-10,12,14H,4,11,13H2,1-3H3,(H,22,27)(H,23,28)/t14-/m0/s1. The van der Waals surface area contributed by atoms with E-state index in [0.717, 1.165) is 6.42 Å². The molecule has 1 aromatic carbocycles. The molecule has 2 N–H and O–H groups in total. The predicted octanol–water partition coefficient (Wildman–Crippen LogP) is 3.53. The largest absolute Gasteiger partial charge is 0.459 e. The fourth-order valence-electron chi connectivity index (χ4n) is 2.94. The third-order valence-electron chi connectivity index (χ3n) is 4.45. The number of benzene rings is 1. The van der Waals surface area contributed by atoms with Crippen LogP contribution in [0.25, 0.3) is 11.7 Å². The number of nitrogens with zero attached hydrogens (tertiary/aromatic N) is 3. The minimum absolute atomic E-state index is 0.146. The van der Waals surface area contributed by atoms with Crippen LogP contribution in [0.1, 0.15) is 33.1 Å². The first-order chi connectivity index (χ1) is 14.5. The average molecular weight is 411 g/mol. The van der Waals surface area contributed by atoms with E-state index in [9.17, 15) is 9.59 Å². The molecule has 30 heavy (non-hydrogen) atoms. The summed E-state index contributed by atoms with van der Waals surface area (Å²) >= 11 is 0. The van der Waals surface area contributed by atoms with Crippen LogP contribution in [0.5, 0.6) is 0 Å². The number of carbonyl (C=O) groups excluding carboxylic acids is 2. The fourth-order valence-corrected chi connectivity index (χ4v) is 2.94. The summed E-state index contributed by atoms with van der Waals surface area (Å²) in [6.07, 6.45) is 2.40. The highest BCUT2D eigenvalue weighted by atomic mass is 16.4. The Hall–Kier alpha value is -3.46. The molecule has 2 amide bonds. The van der Waals surface area contributed by atoms with Crippen molar-refractivity contribution in [2.75, 3.05) is 17.2 Å². The lowest BCUT2D eigenvalue weighted by Crippen LogP contribution is -2.42. The van der Waals surface area contributed by atoms with Gasteiger partial charge in [0.05, 0.1) is 18.8 Å². The molecule has 0 saturated carbocycles. The summed E-state index contributed by atoms with van der Waals surface area (Å²) < 4.78 is 10.9. The van der Waals surface area contributed by atoms with Gasteiger partial charge in [0.2, 0.25) is 17.7 Å². The van der Waals surface area contributed by atoms with Crippen LogP contribution in [0, 0.1) is 0 Å². The van der Waals surface area contributed by atoms with E-state index in [2.05, 4.69) is 20.8 Å². The molecule has 0 radical (unpaired) electrons. The monoisotopic (exact) mass is 411 g/mol. The van der Waals surface area contributed by atoms with Gasteiger partial charge in [-0.1, -0.05) is 6.92 Å². The van der Waals surface area contributed by atoms with Gasteiger partial charge >= 0.3 is 0 Å². The summed E-state index contributed by atoms with van der Waals surface area (Å²) in [5.41, 5.74) is 1.32. The van der Waals surface area contributed by atoms with Crippen molar-refractivity contribution in [3.8, 4) is 11.7 Å². The molecule has 9 heteroatoms. The van der Waals surface area contributed by atoms with E-state index >= 15 is 0 Å². The third-order valence-corrected chi connectivity index (χ3v) is 4.45. The molecule has 0 bridgehead atoms. The van der Waals surface area contributed by atoms with E-state index in [1.54, 1.807) is 36.4 Å². The third kappa shape index (κ3) is 5.54. The fraction of sp³-hybridized carbons (Fsp3) is 0.333. The van der Waals surface area contributed by atoms with Crippen molar-refractivity contribution in [3.05, 3.63) is 48.6 Å². The molecule has 9 nitrogen and oxygen atoms in total. The summed E-state index contributed by atoms with van der Waals surface area (Å²) in [5.74, 6) is 0.926. The minimum Gasteiger partial charge on any atom is -0.459 e. The molecule has 0 aliphatic heterocycles. The Labute approximate surface area is 174 Å². The van der Waals surface area contributed by atoms with Gasteiger partial charge in [0.15, 0.2) is 5.76 Å². The normalized spacial score (nSPS) is 12.0. The maximum atomic E-state index is 12.8. The van der Waals surface area contributed by atoms with Crippen LogP contribution in [0.3, 0.4) is 0 Å². The van der Waals surface area contributed by atoms with E-state index in [0.29, 0.717) is 42.0 Å². The molecule has 0 aliphatic rings. The van der Waals surface area contributed by atoms with Gasteiger partial charge in [0.1, 0.15) is 0 Å². The van der Waals surface area contributed by atoms with Crippen LogP contribution in [-0.2, 0) is 16.1 Å². The Morgan fingerprint density at radius 2 is 1.80 bits per heavy atom. The molecule has 1 atom stereocenters. The number of hydrogen-bond acceptors (Lipinski definition) is 7. The average Bonchev–Trinajstić information content (AvgIpc) is 3.40. The highest BCUT2D eigenvalue weighted by Crippen LogP contribution is 2.20. The van der Waals surface area contributed by atoms with Gasteiger partial charge in [-0.05, 0) is 56.3 Å². The number of anilines is 2. The van der Waals surface area contributed by atoms with Crippen LogP contribution >= 0.6 is 0 Å². The van der Waals surface area contributed by atoms with Gasteiger partial charge in [0, 0.05) is 18.3 Å². The van der Waals surface area contributed by atoms with Crippen LogP contribution in [-0.4, -0.2) is 39.5 Å². The van der Waals surface area contributed by atoms with Crippen molar-refractivity contribution in [2.24, 2.45) is 0 Å². The summed E-state index contributed by atoms with van der Waals surface area (Å²) in [6, 6.07) is 10.0. The second-order valence-electron chi connectivity index (χ2n) is 6.87. The summed E-state index contributed by atoms with van der Waals surface area (Å²) in [5, 5.41) is 13.7. The van der Waals surface area contributed by atoms with Crippen LogP contribution in [0.2, 0.25) is 0 Å². The first kappa shape index (κ1) is 21.3. The molecule has 3 rings (SSSR count). The Kier molecular flexibility index (Phi) is 6.97. The lowest BCUT2D eigenvalue weighted by atomic mass is 10.2. The molecule has 0 saturated heterocycles. The Balaban J connectivity index is 1.63. The van der Waals surface area contributed by atoms with Crippen molar-refractivity contribution in [3.63, 3.8) is 0 Å². The number of amides is 2. The predicted molar refractivity (Wildman–Crippen MR) is 112 cm³/mol. The number of hydrogen-bond donors (Lipinski definition) is 2. The number of rotatable bonds is 9. The second kappa shape index (κ2) is 9.84. The molecule has 2 heterocycles.